The van der Waals surface area contributed by atoms with E-state index in [2.05, 4.69) is 6.92 Å². The molecule has 0 spiro atoms. The second-order valence-electron chi connectivity index (χ2n) is 3.74. The van der Waals surface area contributed by atoms with Crippen LogP contribution in [0.3, 0.4) is 0 Å². The van der Waals surface area contributed by atoms with E-state index in [0.29, 0.717) is 6.42 Å². The topological polar surface area (TPSA) is 46.2 Å². The maximum absolute atomic E-state index is 9.67. The molecule has 0 aliphatic rings. The SMILES string of the molecule is CCCCCC(C)C(N)(O)CC. The average molecular weight is 173 g/mol. The van der Waals surface area contributed by atoms with Gasteiger partial charge in [0.05, 0.1) is 0 Å². The van der Waals surface area contributed by atoms with Crippen molar-refractivity contribution >= 4 is 0 Å². The molecule has 74 valence electrons. The molecule has 0 heterocycles. The Balaban J connectivity index is 3.63. The van der Waals surface area contributed by atoms with Crippen molar-refractivity contribution in [2.24, 2.45) is 11.7 Å². The van der Waals surface area contributed by atoms with Crippen LogP contribution in [-0.2, 0) is 0 Å². The van der Waals surface area contributed by atoms with Crippen molar-refractivity contribution in [2.75, 3.05) is 0 Å². The minimum Gasteiger partial charge on any atom is -0.376 e. The molecule has 0 bridgehead atoms. The van der Waals surface area contributed by atoms with E-state index in [9.17, 15) is 5.11 Å². The summed E-state index contributed by atoms with van der Waals surface area (Å²) in [5.41, 5.74) is 4.75. The van der Waals surface area contributed by atoms with E-state index < -0.39 is 5.72 Å². The summed E-state index contributed by atoms with van der Waals surface area (Å²) in [7, 11) is 0. The lowest BCUT2D eigenvalue weighted by Crippen LogP contribution is -2.45. The summed E-state index contributed by atoms with van der Waals surface area (Å²) < 4.78 is 0. The van der Waals surface area contributed by atoms with Gasteiger partial charge >= 0.3 is 0 Å². The maximum Gasteiger partial charge on any atom is 0.115 e. The van der Waals surface area contributed by atoms with Gasteiger partial charge in [-0.1, -0.05) is 40.0 Å². The molecule has 2 atom stereocenters. The normalized spacial score (nSPS) is 18.8. The van der Waals surface area contributed by atoms with Gasteiger partial charge in [-0.25, -0.2) is 0 Å². The number of unbranched alkanes of at least 4 members (excludes halogenated alkanes) is 2. The molecule has 0 saturated carbocycles. The summed E-state index contributed by atoms with van der Waals surface area (Å²) in [6.07, 6.45) is 5.32. The Labute approximate surface area is 76.2 Å². The fraction of sp³-hybridized carbons (Fsp3) is 1.00. The minimum atomic E-state index is -0.951. The van der Waals surface area contributed by atoms with Crippen molar-refractivity contribution in [2.45, 2.75) is 58.6 Å². The molecule has 2 nitrogen and oxygen atoms in total. The molecule has 0 saturated heterocycles. The van der Waals surface area contributed by atoms with E-state index in [1.54, 1.807) is 0 Å². The van der Waals surface area contributed by atoms with Crippen LogP contribution in [0.25, 0.3) is 0 Å². The quantitative estimate of drug-likeness (QED) is 0.478. The van der Waals surface area contributed by atoms with Crippen molar-refractivity contribution in [1.29, 1.82) is 0 Å². The summed E-state index contributed by atoms with van der Waals surface area (Å²) >= 11 is 0. The Morgan fingerprint density at radius 3 is 2.33 bits per heavy atom. The van der Waals surface area contributed by atoms with Crippen LogP contribution >= 0.6 is 0 Å². The molecule has 0 rings (SSSR count). The molecule has 0 aromatic rings. The zero-order valence-electron chi connectivity index (χ0n) is 8.64. The summed E-state index contributed by atoms with van der Waals surface area (Å²) in [4.78, 5) is 0. The fourth-order valence-electron chi connectivity index (χ4n) is 1.30. The first-order chi connectivity index (χ1) is 5.54. The Kier molecular flexibility index (Phi) is 5.51. The Hall–Kier alpha value is -0.0800. The molecule has 0 fully saturated rings. The van der Waals surface area contributed by atoms with Crippen LogP contribution in [0.15, 0.2) is 0 Å². The van der Waals surface area contributed by atoms with Crippen molar-refractivity contribution in [3.8, 4) is 0 Å². The molecule has 2 unspecified atom stereocenters. The smallest absolute Gasteiger partial charge is 0.115 e. The van der Waals surface area contributed by atoms with E-state index >= 15 is 0 Å². The molecule has 12 heavy (non-hydrogen) atoms. The molecular weight excluding hydrogens is 150 g/mol. The summed E-state index contributed by atoms with van der Waals surface area (Å²) in [6, 6.07) is 0. The lowest BCUT2D eigenvalue weighted by atomic mass is 9.91. The lowest BCUT2D eigenvalue weighted by molar-refractivity contribution is -0.0135. The van der Waals surface area contributed by atoms with Crippen LogP contribution in [0, 0.1) is 5.92 Å². The Morgan fingerprint density at radius 1 is 1.33 bits per heavy atom. The van der Waals surface area contributed by atoms with Gasteiger partial charge in [0, 0.05) is 0 Å². The van der Waals surface area contributed by atoms with Crippen LogP contribution < -0.4 is 5.73 Å². The zero-order chi connectivity index (χ0) is 9.61. The van der Waals surface area contributed by atoms with Crippen LogP contribution in [0.5, 0.6) is 0 Å². The monoisotopic (exact) mass is 173 g/mol. The third kappa shape index (κ3) is 4.07. The fourth-order valence-corrected chi connectivity index (χ4v) is 1.30. The molecule has 0 aromatic carbocycles. The molecule has 0 amide bonds. The van der Waals surface area contributed by atoms with Gasteiger partial charge in [-0.05, 0) is 18.8 Å². The van der Waals surface area contributed by atoms with Gasteiger partial charge < -0.3 is 10.8 Å². The standard InChI is InChI=1S/C10H23NO/c1-4-6-7-8-9(3)10(11,12)5-2/h9,12H,4-8,11H2,1-3H3. The lowest BCUT2D eigenvalue weighted by Gasteiger charge is -2.28. The van der Waals surface area contributed by atoms with Gasteiger partial charge in [-0.2, -0.15) is 0 Å². The third-order valence-corrected chi connectivity index (χ3v) is 2.66. The van der Waals surface area contributed by atoms with Crippen LogP contribution in [0.1, 0.15) is 52.9 Å². The second-order valence-corrected chi connectivity index (χ2v) is 3.74. The number of hydrogen-bond donors (Lipinski definition) is 2. The predicted octanol–water partition coefficient (Wildman–Crippen LogP) is 2.26. The van der Waals surface area contributed by atoms with E-state index in [0.717, 1.165) is 6.42 Å². The van der Waals surface area contributed by atoms with E-state index in [1.165, 1.54) is 19.3 Å². The largest absolute Gasteiger partial charge is 0.376 e. The van der Waals surface area contributed by atoms with Gasteiger partial charge in [-0.15, -0.1) is 0 Å². The van der Waals surface area contributed by atoms with Crippen molar-refractivity contribution in [1.82, 2.24) is 0 Å². The zero-order valence-corrected chi connectivity index (χ0v) is 8.64. The molecule has 0 aromatic heterocycles. The summed E-state index contributed by atoms with van der Waals surface area (Å²) in [5.74, 6) is 0.217. The summed E-state index contributed by atoms with van der Waals surface area (Å²) in [5, 5.41) is 9.67. The second kappa shape index (κ2) is 5.55. The maximum atomic E-state index is 9.67. The van der Waals surface area contributed by atoms with E-state index in [4.69, 9.17) is 5.73 Å². The van der Waals surface area contributed by atoms with Crippen LogP contribution in [-0.4, -0.2) is 10.8 Å². The number of aliphatic hydroxyl groups is 1. The van der Waals surface area contributed by atoms with E-state index in [1.807, 2.05) is 13.8 Å². The number of nitrogens with two attached hydrogens (primary N) is 1. The molecular formula is C10H23NO. The van der Waals surface area contributed by atoms with Crippen LogP contribution in [0.4, 0.5) is 0 Å². The van der Waals surface area contributed by atoms with Crippen molar-refractivity contribution < 1.29 is 5.11 Å². The highest BCUT2D eigenvalue weighted by atomic mass is 16.3. The third-order valence-electron chi connectivity index (χ3n) is 2.66. The number of rotatable bonds is 6. The highest BCUT2D eigenvalue weighted by Gasteiger charge is 2.25. The molecule has 0 radical (unpaired) electrons. The van der Waals surface area contributed by atoms with E-state index in [-0.39, 0.29) is 5.92 Å². The highest BCUT2D eigenvalue weighted by molar-refractivity contribution is 4.75. The van der Waals surface area contributed by atoms with Gasteiger partial charge in [0.15, 0.2) is 0 Å². The molecule has 2 heteroatoms. The first kappa shape index (κ1) is 11.9. The average Bonchev–Trinajstić information content (AvgIpc) is 2.05. The Bertz CT molecular complexity index is 112. The van der Waals surface area contributed by atoms with Gasteiger partial charge in [0.1, 0.15) is 5.72 Å². The Morgan fingerprint density at radius 2 is 1.92 bits per heavy atom. The predicted molar refractivity (Wildman–Crippen MR) is 52.7 cm³/mol. The summed E-state index contributed by atoms with van der Waals surface area (Å²) in [6.45, 7) is 6.13. The molecule has 3 N–H and O–H groups in total. The highest BCUT2D eigenvalue weighted by Crippen LogP contribution is 2.20. The molecule has 0 aliphatic carbocycles. The van der Waals surface area contributed by atoms with Gasteiger partial charge in [0.2, 0.25) is 0 Å². The van der Waals surface area contributed by atoms with Gasteiger partial charge in [-0.3, -0.25) is 0 Å². The number of hydrogen-bond acceptors (Lipinski definition) is 2. The minimum absolute atomic E-state index is 0.217. The van der Waals surface area contributed by atoms with Crippen LogP contribution in [0.2, 0.25) is 0 Å². The first-order valence-electron chi connectivity index (χ1n) is 5.05. The van der Waals surface area contributed by atoms with Crippen molar-refractivity contribution in [3.05, 3.63) is 0 Å². The molecule has 0 aliphatic heterocycles. The van der Waals surface area contributed by atoms with Gasteiger partial charge in [0.25, 0.3) is 0 Å². The first-order valence-corrected chi connectivity index (χ1v) is 5.05. The van der Waals surface area contributed by atoms with Crippen molar-refractivity contribution in [3.63, 3.8) is 0 Å².